The normalized spacial score (nSPS) is 29.3. The Morgan fingerprint density at radius 2 is 2.10 bits per heavy atom. The Kier molecular flexibility index (Phi) is 4.09. The standard InChI is InChI=1S/C12H16N4O4S/c1-2-21-11-7-10(13-4-14-11)16(5-15-7)12-9(19)8(18)6(3-17)20-12/h4-6,8-9,12,17-19H,2-3H2,1H3/t6-,8-,9-,12-/m1/s1. The summed E-state index contributed by atoms with van der Waals surface area (Å²) in [4.78, 5) is 12.6. The second kappa shape index (κ2) is 5.85. The first-order chi connectivity index (χ1) is 10.2. The SMILES string of the molecule is CCSc1ncnc2c1ncn2[C@@H]1O[C@H](CO)[C@@H](O)[C@H]1O. The molecule has 21 heavy (non-hydrogen) atoms. The van der Waals surface area contributed by atoms with Gasteiger partial charge in [-0.1, -0.05) is 6.92 Å². The predicted molar refractivity (Wildman–Crippen MR) is 74.7 cm³/mol. The highest BCUT2D eigenvalue weighted by atomic mass is 32.2. The minimum absolute atomic E-state index is 0.368. The molecule has 2 aromatic rings. The van der Waals surface area contributed by atoms with Crippen molar-refractivity contribution in [1.29, 1.82) is 0 Å². The van der Waals surface area contributed by atoms with E-state index in [0.717, 1.165) is 10.8 Å². The van der Waals surface area contributed by atoms with E-state index in [1.807, 2.05) is 6.92 Å². The van der Waals surface area contributed by atoms with Crippen molar-refractivity contribution in [2.45, 2.75) is 36.5 Å². The minimum atomic E-state index is -1.16. The first kappa shape index (κ1) is 14.7. The van der Waals surface area contributed by atoms with Gasteiger partial charge in [-0.25, -0.2) is 15.0 Å². The van der Waals surface area contributed by atoms with E-state index >= 15 is 0 Å². The lowest BCUT2D eigenvalue weighted by atomic mass is 10.1. The van der Waals surface area contributed by atoms with Gasteiger partial charge < -0.3 is 20.1 Å². The van der Waals surface area contributed by atoms with Gasteiger partial charge in [0, 0.05) is 0 Å². The molecule has 0 amide bonds. The molecule has 0 unspecified atom stereocenters. The summed E-state index contributed by atoms with van der Waals surface area (Å²) < 4.78 is 7.05. The van der Waals surface area contributed by atoms with E-state index in [9.17, 15) is 10.2 Å². The molecule has 9 heteroatoms. The molecule has 1 saturated heterocycles. The molecule has 3 N–H and O–H groups in total. The number of aliphatic hydroxyl groups excluding tert-OH is 3. The summed E-state index contributed by atoms with van der Waals surface area (Å²) in [5.41, 5.74) is 1.15. The lowest BCUT2D eigenvalue weighted by Gasteiger charge is -2.16. The quantitative estimate of drug-likeness (QED) is 0.514. The van der Waals surface area contributed by atoms with Gasteiger partial charge in [-0.2, -0.15) is 0 Å². The fraction of sp³-hybridized carbons (Fsp3) is 0.583. The van der Waals surface area contributed by atoms with Crippen molar-refractivity contribution in [3.63, 3.8) is 0 Å². The minimum Gasteiger partial charge on any atom is -0.394 e. The molecular formula is C12H16N4O4S. The molecule has 4 atom stereocenters. The van der Waals surface area contributed by atoms with Crippen molar-refractivity contribution in [2.75, 3.05) is 12.4 Å². The van der Waals surface area contributed by atoms with E-state index in [2.05, 4.69) is 15.0 Å². The van der Waals surface area contributed by atoms with Gasteiger partial charge in [-0.15, -0.1) is 11.8 Å². The van der Waals surface area contributed by atoms with Crippen LogP contribution >= 0.6 is 11.8 Å². The maximum Gasteiger partial charge on any atom is 0.166 e. The van der Waals surface area contributed by atoms with Crippen LogP contribution in [0.5, 0.6) is 0 Å². The van der Waals surface area contributed by atoms with Crippen LogP contribution in [0, 0.1) is 0 Å². The van der Waals surface area contributed by atoms with Crippen LogP contribution in [-0.2, 0) is 4.74 Å². The van der Waals surface area contributed by atoms with Crippen molar-refractivity contribution in [2.24, 2.45) is 0 Å². The second-order valence-corrected chi connectivity index (χ2v) is 5.92. The van der Waals surface area contributed by atoms with Gasteiger partial charge in [0.25, 0.3) is 0 Å². The molecule has 114 valence electrons. The van der Waals surface area contributed by atoms with Gasteiger partial charge in [-0.3, -0.25) is 4.57 Å². The zero-order valence-corrected chi connectivity index (χ0v) is 12.1. The number of ether oxygens (including phenoxy) is 1. The Morgan fingerprint density at radius 1 is 1.29 bits per heavy atom. The smallest absolute Gasteiger partial charge is 0.166 e. The Hall–Kier alpha value is -1.26. The van der Waals surface area contributed by atoms with Crippen molar-refractivity contribution in [3.8, 4) is 0 Å². The van der Waals surface area contributed by atoms with Crippen molar-refractivity contribution < 1.29 is 20.1 Å². The average Bonchev–Trinajstić information content (AvgIpc) is 3.03. The number of imidazole rings is 1. The molecular weight excluding hydrogens is 296 g/mol. The van der Waals surface area contributed by atoms with Gasteiger partial charge in [-0.05, 0) is 5.75 Å². The van der Waals surface area contributed by atoms with Crippen molar-refractivity contribution in [3.05, 3.63) is 12.7 Å². The van der Waals surface area contributed by atoms with Gasteiger partial charge in [0.05, 0.1) is 12.9 Å². The Labute approximate surface area is 124 Å². The van der Waals surface area contributed by atoms with Crippen LogP contribution in [0.25, 0.3) is 11.2 Å². The Balaban J connectivity index is 2.00. The molecule has 0 aromatic carbocycles. The summed E-state index contributed by atoms with van der Waals surface area (Å²) >= 11 is 1.55. The van der Waals surface area contributed by atoms with Crippen LogP contribution in [0.1, 0.15) is 13.2 Å². The first-order valence-corrected chi connectivity index (χ1v) is 7.58. The molecule has 1 fully saturated rings. The lowest BCUT2D eigenvalue weighted by Crippen LogP contribution is -2.33. The number of nitrogens with zero attached hydrogens (tertiary/aromatic N) is 4. The number of thioether (sulfide) groups is 1. The monoisotopic (exact) mass is 312 g/mol. The zero-order valence-electron chi connectivity index (χ0n) is 11.3. The third-order valence-corrected chi connectivity index (χ3v) is 4.26. The van der Waals surface area contributed by atoms with E-state index in [4.69, 9.17) is 9.84 Å². The number of hydrogen-bond acceptors (Lipinski definition) is 8. The van der Waals surface area contributed by atoms with Crippen LogP contribution in [0.3, 0.4) is 0 Å². The lowest BCUT2D eigenvalue weighted by molar-refractivity contribution is -0.0511. The van der Waals surface area contributed by atoms with E-state index in [1.54, 1.807) is 16.3 Å². The number of aliphatic hydroxyl groups is 3. The summed E-state index contributed by atoms with van der Waals surface area (Å²) in [6.07, 6.45) is -1.04. The third-order valence-electron chi connectivity index (χ3n) is 3.40. The van der Waals surface area contributed by atoms with Gasteiger partial charge in [0.1, 0.15) is 35.2 Å². The summed E-state index contributed by atoms with van der Waals surface area (Å²) in [6.45, 7) is 1.65. The van der Waals surface area contributed by atoms with Gasteiger partial charge in [0.2, 0.25) is 0 Å². The zero-order chi connectivity index (χ0) is 15.0. The topological polar surface area (TPSA) is 114 Å². The second-order valence-electron chi connectivity index (χ2n) is 4.66. The fourth-order valence-electron chi connectivity index (χ4n) is 2.37. The highest BCUT2D eigenvalue weighted by molar-refractivity contribution is 7.99. The highest BCUT2D eigenvalue weighted by Crippen LogP contribution is 2.32. The maximum atomic E-state index is 10.1. The van der Waals surface area contributed by atoms with E-state index < -0.39 is 24.5 Å². The van der Waals surface area contributed by atoms with Crippen LogP contribution in [0.4, 0.5) is 0 Å². The van der Waals surface area contributed by atoms with Crippen LogP contribution < -0.4 is 0 Å². The number of rotatable bonds is 4. The highest BCUT2D eigenvalue weighted by Gasteiger charge is 2.43. The molecule has 3 rings (SSSR count). The van der Waals surface area contributed by atoms with Crippen LogP contribution in [-0.4, -0.2) is 65.5 Å². The molecule has 0 spiro atoms. The molecule has 2 aromatic heterocycles. The van der Waals surface area contributed by atoms with E-state index in [1.165, 1.54) is 12.7 Å². The molecule has 1 aliphatic rings. The molecule has 0 aliphatic carbocycles. The number of fused-ring (bicyclic) bond motifs is 1. The molecule has 1 aliphatic heterocycles. The largest absolute Gasteiger partial charge is 0.394 e. The maximum absolute atomic E-state index is 10.1. The van der Waals surface area contributed by atoms with Gasteiger partial charge >= 0.3 is 0 Å². The van der Waals surface area contributed by atoms with Crippen LogP contribution in [0.2, 0.25) is 0 Å². The first-order valence-electron chi connectivity index (χ1n) is 6.60. The molecule has 0 bridgehead atoms. The molecule has 8 nitrogen and oxygen atoms in total. The predicted octanol–water partition coefficient (Wildman–Crippen LogP) is -0.450. The molecule has 0 saturated carbocycles. The average molecular weight is 312 g/mol. The Morgan fingerprint density at radius 3 is 2.76 bits per heavy atom. The van der Waals surface area contributed by atoms with E-state index in [0.29, 0.717) is 11.2 Å². The summed E-state index contributed by atoms with van der Waals surface area (Å²) in [5.74, 6) is 0.854. The number of hydrogen-bond donors (Lipinski definition) is 3. The Bertz CT molecular complexity index is 637. The number of aromatic nitrogens is 4. The molecule has 0 radical (unpaired) electrons. The van der Waals surface area contributed by atoms with Crippen LogP contribution in [0.15, 0.2) is 17.7 Å². The summed E-state index contributed by atoms with van der Waals surface area (Å²) in [7, 11) is 0. The third kappa shape index (κ3) is 2.40. The summed E-state index contributed by atoms with van der Waals surface area (Å²) in [5, 5.41) is 29.8. The summed E-state index contributed by atoms with van der Waals surface area (Å²) in [6, 6.07) is 0. The van der Waals surface area contributed by atoms with Gasteiger partial charge in [0.15, 0.2) is 11.9 Å². The fourth-order valence-corrected chi connectivity index (χ4v) is 3.04. The molecule has 3 heterocycles. The van der Waals surface area contributed by atoms with E-state index in [-0.39, 0.29) is 6.61 Å². The van der Waals surface area contributed by atoms with Crippen molar-refractivity contribution >= 4 is 22.9 Å². The van der Waals surface area contributed by atoms with Crippen molar-refractivity contribution in [1.82, 2.24) is 19.5 Å².